The van der Waals surface area contributed by atoms with Gasteiger partial charge < -0.3 is 5.32 Å². The van der Waals surface area contributed by atoms with Crippen molar-refractivity contribution in [2.24, 2.45) is 5.41 Å². The first-order chi connectivity index (χ1) is 6.01. The summed E-state index contributed by atoms with van der Waals surface area (Å²) in [6, 6.07) is 4.08. The molecule has 72 valence electrons. The van der Waals surface area contributed by atoms with E-state index in [1.54, 1.807) is 0 Å². The van der Waals surface area contributed by atoms with Crippen molar-refractivity contribution in [1.82, 2.24) is 4.98 Å². The molecular weight excluding hydrogens is 160 g/mol. The fraction of sp³-hybridized carbons (Fsp3) is 0.545. The van der Waals surface area contributed by atoms with Crippen LogP contribution >= 0.6 is 0 Å². The summed E-state index contributed by atoms with van der Waals surface area (Å²) in [4.78, 5) is 4.33. The number of hydrogen-bond donors (Lipinski definition) is 1. The average molecular weight is 178 g/mol. The van der Waals surface area contributed by atoms with E-state index in [4.69, 9.17) is 0 Å². The molecule has 0 fully saturated rings. The zero-order chi connectivity index (χ0) is 9.90. The molecule has 0 saturated heterocycles. The standard InChI is InChI=1S/C11H18N2/c1-11(2,3)8-10-7-9(12-4)5-6-13-10/h5-7H,8H2,1-4H3,(H,12,13). The van der Waals surface area contributed by atoms with Crippen LogP contribution in [0.2, 0.25) is 0 Å². The van der Waals surface area contributed by atoms with Gasteiger partial charge >= 0.3 is 0 Å². The first kappa shape index (κ1) is 10.0. The van der Waals surface area contributed by atoms with Crippen LogP contribution in [0.4, 0.5) is 5.69 Å². The minimum absolute atomic E-state index is 0.305. The maximum absolute atomic E-state index is 4.33. The summed E-state index contributed by atoms with van der Waals surface area (Å²) in [7, 11) is 1.93. The largest absolute Gasteiger partial charge is 0.388 e. The van der Waals surface area contributed by atoms with Gasteiger partial charge in [-0.2, -0.15) is 0 Å². The Morgan fingerprint density at radius 2 is 2.08 bits per heavy atom. The lowest BCUT2D eigenvalue weighted by molar-refractivity contribution is 0.406. The SMILES string of the molecule is CNc1ccnc(CC(C)(C)C)c1. The molecule has 0 spiro atoms. The summed E-state index contributed by atoms with van der Waals surface area (Å²) >= 11 is 0. The van der Waals surface area contributed by atoms with Gasteiger partial charge in [0.05, 0.1) is 0 Å². The summed E-state index contributed by atoms with van der Waals surface area (Å²) in [5.41, 5.74) is 2.59. The Kier molecular flexibility index (Phi) is 2.91. The number of rotatable bonds is 2. The van der Waals surface area contributed by atoms with E-state index < -0.39 is 0 Å². The van der Waals surface area contributed by atoms with Crippen molar-refractivity contribution < 1.29 is 0 Å². The number of aromatic nitrogens is 1. The lowest BCUT2D eigenvalue weighted by Gasteiger charge is -2.17. The highest BCUT2D eigenvalue weighted by molar-refractivity contribution is 5.42. The first-order valence-corrected chi connectivity index (χ1v) is 4.64. The minimum atomic E-state index is 0.305. The molecule has 0 bridgehead atoms. The normalized spacial score (nSPS) is 11.4. The van der Waals surface area contributed by atoms with E-state index in [9.17, 15) is 0 Å². The molecule has 1 N–H and O–H groups in total. The zero-order valence-electron chi connectivity index (χ0n) is 8.89. The summed E-state index contributed by atoms with van der Waals surface area (Å²) < 4.78 is 0. The van der Waals surface area contributed by atoms with Gasteiger partial charge in [0.1, 0.15) is 0 Å². The van der Waals surface area contributed by atoms with Gasteiger partial charge in [-0.15, -0.1) is 0 Å². The summed E-state index contributed by atoms with van der Waals surface area (Å²) in [5, 5.41) is 3.11. The molecule has 2 heteroatoms. The third-order valence-corrected chi connectivity index (χ3v) is 1.82. The average Bonchev–Trinajstić information content (AvgIpc) is 2.01. The highest BCUT2D eigenvalue weighted by atomic mass is 14.8. The second kappa shape index (κ2) is 3.77. The molecule has 0 aliphatic rings. The van der Waals surface area contributed by atoms with E-state index in [1.165, 1.54) is 0 Å². The molecule has 0 radical (unpaired) electrons. The third-order valence-electron chi connectivity index (χ3n) is 1.82. The number of nitrogens with zero attached hydrogens (tertiary/aromatic N) is 1. The van der Waals surface area contributed by atoms with Crippen LogP contribution in [-0.2, 0) is 6.42 Å². The predicted octanol–water partition coefficient (Wildman–Crippen LogP) is 2.71. The van der Waals surface area contributed by atoms with Gasteiger partial charge in [0.25, 0.3) is 0 Å². The first-order valence-electron chi connectivity index (χ1n) is 4.64. The second-order valence-corrected chi connectivity index (χ2v) is 4.52. The van der Waals surface area contributed by atoms with E-state index >= 15 is 0 Å². The quantitative estimate of drug-likeness (QED) is 0.753. The van der Waals surface area contributed by atoms with E-state index in [0.717, 1.165) is 17.8 Å². The molecule has 0 saturated carbocycles. The van der Waals surface area contributed by atoms with Crippen LogP contribution < -0.4 is 5.32 Å². The highest BCUT2D eigenvalue weighted by Crippen LogP contribution is 2.20. The number of hydrogen-bond acceptors (Lipinski definition) is 2. The maximum Gasteiger partial charge on any atom is 0.0429 e. The molecule has 0 unspecified atom stereocenters. The summed E-state index contributed by atoms with van der Waals surface area (Å²) in [6.07, 6.45) is 2.87. The topological polar surface area (TPSA) is 24.9 Å². The van der Waals surface area contributed by atoms with Gasteiger partial charge in [0.15, 0.2) is 0 Å². The molecule has 13 heavy (non-hydrogen) atoms. The molecule has 1 aromatic heterocycles. The molecule has 0 amide bonds. The molecule has 1 aromatic rings. The predicted molar refractivity (Wildman–Crippen MR) is 56.9 cm³/mol. The van der Waals surface area contributed by atoms with Crippen LogP contribution in [-0.4, -0.2) is 12.0 Å². The third kappa shape index (κ3) is 3.45. The van der Waals surface area contributed by atoms with Crippen molar-refractivity contribution in [3.8, 4) is 0 Å². The molecule has 1 heterocycles. The Morgan fingerprint density at radius 3 is 2.62 bits per heavy atom. The van der Waals surface area contributed by atoms with Crippen LogP contribution in [0, 0.1) is 5.41 Å². The van der Waals surface area contributed by atoms with Crippen LogP contribution in [0.1, 0.15) is 26.5 Å². The van der Waals surface area contributed by atoms with E-state index in [-0.39, 0.29) is 0 Å². The van der Waals surface area contributed by atoms with E-state index in [1.807, 2.05) is 19.3 Å². The number of pyridine rings is 1. The number of nitrogens with one attached hydrogen (secondary N) is 1. The Morgan fingerprint density at radius 1 is 1.38 bits per heavy atom. The summed E-state index contributed by atoms with van der Waals surface area (Å²) in [6.45, 7) is 6.67. The highest BCUT2D eigenvalue weighted by Gasteiger charge is 2.11. The van der Waals surface area contributed by atoms with E-state index in [2.05, 4.69) is 37.1 Å². The molecular formula is C11H18N2. The monoisotopic (exact) mass is 178 g/mol. The van der Waals surface area contributed by atoms with Gasteiger partial charge in [-0.3, -0.25) is 4.98 Å². The number of anilines is 1. The molecule has 0 aliphatic heterocycles. The molecule has 2 nitrogen and oxygen atoms in total. The van der Waals surface area contributed by atoms with Gasteiger partial charge in [0, 0.05) is 24.6 Å². The molecule has 0 aromatic carbocycles. The van der Waals surface area contributed by atoms with Gasteiger partial charge in [-0.05, 0) is 24.0 Å². The Hall–Kier alpha value is -1.05. The van der Waals surface area contributed by atoms with Crippen molar-refractivity contribution in [2.75, 3.05) is 12.4 Å². The van der Waals surface area contributed by atoms with Crippen LogP contribution in [0.25, 0.3) is 0 Å². The fourth-order valence-corrected chi connectivity index (χ4v) is 1.27. The smallest absolute Gasteiger partial charge is 0.0429 e. The van der Waals surface area contributed by atoms with Crippen molar-refractivity contribution in [3.63, 3.8) is 0 Å². The second-order valence-electron chi connectivity index (χ2n) is 4.52. The lowest BCUT2D eigenvalue weighted by Crippen LogP contribution is -2.10. The van der Waals surface area contributed by atoms with E-state index in [0.29, 0.717) is 5.41 Å². The summed E-state index contributed by atoms with van der Waals surface area (Å²) in [5.74, 6) is 0. The fourth-order valence-electron chi connectivity index (χ4n) is 1.27. The van der Waals surface area contributed by atoms with Gasteiger partial charge in [-0.25, -0.2) is 0 Å². The Bertz CT molecular complexity index is 274. The molecule has 1 rings (SSSR count). The zero-order valence-corrected chi connectivity index (χ0v) is 8.89. The van der Waals surface area contributed by atoms with Crippen molar-refractivity contribution in [2.45, 2.75) is 27.2 Å². The lowest BCUT2D eigenvalue weighted by atomic mass is 9.90. The molecule has 0 atom stereocenters. The minimum Gasteiger partial charge on any atom is -0.388 e. The van der Waals surface area contributed by atoms with Gasteiger partial charge in [0.2, 0.25) is 0 Å². The van der Waals surface area contributed by atoms with Crippen LogP contribution in [0.3, 0.4) is 0 Å². The Labute approximate surface area is 80.4 Å². The van der Waals surface area contributed by atoms with Crippen molar-refractivity contribution >= 4 is 5.69 Å². The van der Waals surface area contributed by atoms with Crippen LogP contribution in [0.15, 0.2) is 18.3 Å². The maximum atomic E-state index is 4.33. The van der Waals surface area contributed by atoms with Crippen molar-refractivity contribution in [3.05, 3.63) is 24.0 Å². The van der Waals surface area contributed by atoms with Crippen molar-refractivity contribution in [1.29, 1.82) is 0 Å². The van der Waals surface area contributed by atoms with Gasteiger partial charge in [-0.1, -0.05) is 20.8 Å². The Balaban J connectivity index is 2.78. The molecule has 0 aliphatic carbocycles. The van der Waals surface area contributed by atoms with Crippen LogP contribution in [0.5, 0.6) is 0 Å².